The number of nitrogens with zero attached hydrogens (tertiary/aromatic N) is 6. The van der Waals surface area contributed by atoms with Crippen molar-refractivity contribution in [3.8, 4) is 5.75 Å². The number of phenols is 1. The van der Waals surface area contributed by atoms with E-state index in [4.69, 9.17) is 17.3 Å². The van der Waals surface area contributed by atoms with Crippen LogP contribution in [0, 0.1) is 12.0 Å². The standard InChI is InChI=1S/C28H21ClF2N8O16S5.4Na/c29-21-26(30)34-28(31)35-27(21)33-14-3-6-18(58(44,45)46)16(11-14)37-38-23-17(56-55-54-41)9-12-10-19(59(47,48)49)24(22(32)20(12)25(23)40)39-36-13-1-4-15(5-2-13)57(42,43)8-7-53-60(50,51)52;;;;/h1-6,9-11,40-41H,7-8,32H2,(H,33,34,35)(H,44,45,46)(H,47,48,49)(H,50,51,52);;;;/q;4*+1/p-4. The van der Waals surface area contributed by atoms with Crippen LogP contribution in [0.2, 0.25) is 5.02 Å². The predicted molar refractivity (Wildman–Crippen MR) is 193 cm³/mol. The van der Waals surface area contributed by atoms with E-state index in [0.29, 0.717) is 12.1 Å². The number of aromatic hydroxyl groups is 1. The number of hydrogen-bond donors (Lipinski definition) is 3. The molecule has 0 spiro atoms. The van der Waals surface area contributed by atoms with Crippen LogP contribution in [0.4, 0.5) is 48.7 Å². The average molecular weight is 1050 g/mol. The Labute approximate surface area is 457 Å². The van der Waals surface area contributed by atoms with Gasteiger partial charge < -0.3 is 35.1 Å². The zero-order valence-corrected chi connectivity index (χ0v) is 45.5. The third kappa shape index (κ3) is 15.7. The second-order valence-corrected chi connectivity index (χ2v) is 18.1. The summed E-state index contributed by atoms with van der Waals surface area (Å²) in [6, 6.07) is 8.12. The molecule has 0 atom stereocenters. The Bertz CT molecular complexity index is 3060. The summed E-state index contributed by atoms with van der Waals surface area (Å²) in [5, 5.41) is 41.1. The van der Waals surface area contributed by atoms with E-state index in [1.165, 1.54) is 0 Å². The zero-order valence-electron chi connectivity index (χ0n) is 32.6. The van der Waals surface area contributed by atoms with Crippen LogP contribution < -0.4 is 135 Å². The zero-order chi connectivity index (χ0) is 44.4. The van der Waals surface area contributed by atoms with E-state index >= 15 is 0 Å². The number of nitrogens with one attached hydrogen (secondary N) is 1. The van der Waals surface area contributed by atoms with Gasteiger partial charge in [0, 0.05) is 5.69 Å². The quantitative estimate of drug-likeness (QED) is 0.00789. The number of phenolic OH excluding ortho intramolecular Hbond substituents is 1. The fourth-order valence-corrected chi connectivity index (χ4v) is 8.17. The van der Waals surface area contributed by atoms with Gasteiger partial charge in [-0.15, -0.1) is 15.3 Å². The van der Waals surface area contributed by atoms with Gasteiger partial charge in [-0.2, -0.15) is 28.2 Å². The van der Waals surface area contributed by atoms with Gasteiger partial charge in [-0.3, -0.25) is 9.22 Å². The van der Waals surface area contributed by atoms with Crippen molar-refractivity contribution < 1.29 is 198 Å². The number of benzene rings is 4. The molecule has 1 heterocycles. The molecule has 0 saturated heterocycles. The summed E-state index contributed by atoms with van der Waals surface area (Å²) in [4.78, 5) is 3.09. The first-order valence-electron chi connectivity index (χ1n) is 15.1. The number of hydrogen-bond acceptors (Lipinski definition) is 25. The van der Waals surface area contributed by atoms with E-state index in [9.17, 15) is 66.5 Å². The van der Waals surface area contributed by atoms with Crippen LogP contribution in [0.25, 0.3) is 10.8 Å². The van der Waals surface area contributed by atoms with Crippen molar-refractivity contribution in [2.45, 2.75) is 19.6 Å². The maximum absolute atomic E-state index is 13.9. The van der Waals surface area contributed by atoms with E-state index in [-0.39, 0.29) is 147 Å². The van der Waals surface area contributed by atoms with Crippen LogP contribution in [-0.2, 0) is 54.0 Å². The van der Waals surface area contributed by atoms with E-state index in [2.05, 4.69) is 49.3 Å². The van der Waals surface area contributed by atoms with Gasteiger partial charge in [-0.05, 0) is 60.0 Å². The fraction of sp³-hybridized carbons (Fsp3) is 0.0714. The van der Waals surface area contributed by atoms with Gasteiger partial charge in [0.2, 0.25) is 16.3 Å². The molecule has 1 aromatic heterocycles. The number of sulfone groups is 1. The third-order valence-corrected chi connectivity index (χ3v) is 12.1. The molecule has 36 heteroatoms. The summed E-state index contributed by atoms with van der Waals surface area (Å²) in [7, 11) is -20.2. The molecule has 5 rings (SSSR count). The molecule has 0 bridgehead atoms. The molecular weight excluding hydrogens is 1030 g/mol. The fourth-order valence-electron chi connectivity index (χ4n) is 4.81. The number of fused-ring (bicyclic) bond motifs is 1. The molecule has 0 aliphatic carbocycles. The predicted octanol–water partition coefficient (Wildman–Crippen LogP) is -8.27. The molecule has 24 nitrogen and oxygen atoms in total. The first-order valence-corrected chi connectivity index (χ1v) is 22.0. The van der Waals surface area contributed by atoms with Crippen molar-refractivity contribution in [2.75, 3.05) is 23.4 Å². The maximum atomic E-state index is 13.9. The topological polar surface area (TPSA) is 390 Å². The van der Waals surface area contributed by atoms with Crippen LogP contribution in [0.5, 0.6) is 5.75 Å². The Morgan fingerprint density at radius 1 is 0.812 bits per heavy atom. The molecule has 0 aliphatic rings. The molecule has 64 heavy (non-hydrogen) atoms. The van der Waals surface area contributed by atoms with Crippen LogP contribution in [-0.4, -0.2) is 74.8 Å². The van der Waals surface area contributed by atoms with E-state index in [1.54, 1.807) is 0 Å². The number of azo groups is 2. The Hall–Kier alpha value is -1.16. The van der Waals surface area contributed by atoms with E-state index < -0.39 is 129 Å². The number of nitrogens with two attached hydrogens (primary N) is 1. The van der Waals surface area contributed by atoms with E-state index in [0.717, 1.165) is 42.5 Å². The number of aromatic nitrogens is 2. The molecule has 4 N–H and O–H groups in total. The summed E-state index contributed by atoms with van der Waals surface area (Å²) in [5.74, 6) is -4.06. The summed E-state index contributed by atoms with van der Waals surface area (Å²) in [5.41, 5.74) is 2.64. The van der Waals surface area contributed by atoms with Gasteiger partial charge in [0.05, 0.1) is 60.7 Å². The summed E-state index contributed by atoms with van der Waals surface area (Å²) in [6.07, 6.45) is -1.55. The number of anilines is 3. The van der Waals surface area contributed by atoms with Gasteiger partial charge in [0.25, 0.3) is 0 Å². The van der Waals surface area contributed by atoms with Crippen molar-refractivity contribution in [2.24, 2.45) is 20.5 Å². The molecular formula is C28H17ClF2N8Na4O16S5. The van der Waals surface area contributed by atoms with Gasteiger partial charge in [-0.1, -0.05) is 11.6 Å². The molecule has 0 saturated carbocycles. The number of rotatable bonds is 16. The first kappa shape index (κ1) is 60.9. The van der Waals surface area contributed by atoms with E-state index in [1.807, 2.05) is 0 Å². The van der Waals surface area contributed by atoms with Gasteiger partial charge in [-0.25, -0.2) is 33.7 Å². The average Bonchev–Trinajstić information content (AvgIpc) is 3.13. The largest absolute Gasteiger partial charge is 1.00 e. The summed E-state index contributed by atoms with van der Waals surface area (Å²) in [6.45, 7) is -0.986. The normalized spacial score (nSPS) is 12.0. The second kappa shape index (κ2) is 24.9. The minimum Gasteiger partial charge on any atom is -0.744 e. The monoisotopic (exact) mass is 1050 g/mol. The Kier molecular flexibility index (Phi) is 23.7. The minimum atomic E-state index is -5.48. The second-order valence-electron chi connectivity index (χ2n) is 11.1. The SMILES string of the molecule is Nc1c(N=Nc2ccc(S(=O)(=O)CCOS(=O)(=O)[O-])cc2)c(S(=O)(=O)[O-])cc2cc(SOO[O-])c(N=Nc3cc(Nc4nc(F)nc(F)c4Cl)ccc3S(=O)(=O)[O-])c(O)c12.[Na+].[Na+].[Na+].[Na+]. The van der Waals surface area contributed by atoms with Crippen LogP contribution in [0.1, 0.15) is 0 Å². The summed E-state index contributed by atoms with van der Waals surface area (Å²) >= 11 is 5.80. The van der Waals surface area contributed by atoms with Crippen LogP contribution in [0.3, 0.4) is 0 Å². The van der Waals surface area contributed by atoms with Crippen molar-refractivity contribution in [3.05, 3.63) is 71.6 Å². The Morgan fingerprint density at radius 3 is 2.00 bits per heavy atom. The van der Waals surface area contributed by atoms with Gasteiger partial charge >= 0.3 is 124 Å². The Balaban J connectivity index is 0.00000512. The molecule has 0 unspecified atom stereocenters. The van der Waals surface area contributed by atoms with Crippen LogP contribution in [0.15, 0.2) is 94.6 Å². The van der Waals surface area contributed by atoms with Crippen molar-refractivity contribution >= 4 is 115 Å². The molecule has 4 aromatic carbocycles. The van der Waals surface area contributed by atoms with Crippen LogP contribution >= 0.6 is 23.6 Å². The van der Waals surface area contributed by atoms with Crippen molar-refractivity contribution in [1.82, 2.24) is 9.97 Å². The minimum absolute atomic E-state index is 0. The molecule has 0 aliphatic heterocycles. The van der Waals surface area contributed by atoms with Gasteiger partial charge in [0.15, 0.2) is 21.4 Å². The number of nitrogen functional groups attached to an aromatic ring is 1. The van der Waals surface area contributed by atoms with Crippen molar-refractivity contribution in [1.29, 1.82) is 0 Å². The smallest absolute Gasteiger partial charge is 0.744 e. The van der Waals surface area contributed by atoms with Gasteiger partial charge in [0.1, 0.15) is 42.3 Å². The van der Waals surface area contributed by atoms with Crippen molar-refractivity contribution in [3.63, 3.8) is 0 Å². The molecule has 0 amide bonds. The maximum Gasteiger partial charge on any atom is 1.00 e. The summed E-state index contributed by atoms with van der Waals surface area (Å²) < 4.78 is 166. The third-order valence-electron chi connectivity index (χ3n) is 7.31. The number of halogens is 3. The first-order chi connectivity index (χ1) is 27.9. The molecule has 0 radical (unpaired) electrons. The molecule has 0 fully saturated rings. The Morgan fingerprint density at radius 2 is 1.42 bits per heavy atom. The molecule has 5 aromatic rings. The molecule has 320 valence electrons.